The minimum atomic E-state index is -1.10. The number of benzene rings is 1. The van der Waals surface area contributed by atoms with E-state index < -0.39 is 36.0 Å². The molecule has 2 aromatic rings. The normalized spacial score (nSPS) is 20.6. The molecule has 1 atom stereocenters. The van der Waals surface area contributed by atoms with Gasteiger partial charge in [-0.1, -0.05) is 18.2 Å². The lowest BCUT2D eigenvalue weighted by Gasteiger charge is -2.31. The van der Waals surface area contributed by atoms with Crippen molar-refractivity contribution in [1.29, 1.82) is 0 Å². The lowest BCUT2D eigenvalue weighted by atomic mass is 9.80. The zero-order valence-electron chi connectivity index (χ0n) is 14.9. The maximum atomic E-state index is 13.0. The number of rotatable bonds is 3. The Hall–Kier alpha value is -3.20. The molecule has 1 fully saturated rings. The number of carbonyl (C=O) groups excluding carboxylic acids is 4. The van der Waals surface area contributed by atoms with Gasteiger partial charge < -0.3 is 10.6 Å². The second-order valence-electron chi connectivity index (χ2n) is 6.71. The number of imide groups is 2. The summed E-state index contributed by atoms with van der Waals surface area (Å²) in [5.74, 6) is -1.19. The molecule has 1 saturated heterocycles. The zero-order chi connectivity index (χ0) is 19.7. The molecule has 9 heteroatoms. The molecule has 6 amide bonds. The molecular formula is C19H18N4O4S. The predicted molar refractivity (Wildman–Crippen MR) is 103 cm³/mol. The summed E-state index contributed by atoms with van der Waals surface area (Å²) in [6.07, 6.45) is 2.14. The predicted octanol–water partition coefficient (Wildman–Crippen LogP) is 2.18. The molecular weight excluding hydrogens is 380 g/mol. The number of urea groups is 2. The van der Waals surface area contributed by atoms with Crippen LogP contribution in [-0.2, 0) is 21.5 Å². The molecule has 1 aromatic heterocycles. The maximum Gasteiger partial charge on any atom is 0.325 e. The van der Waals surface area contributed by atoms with Crippen LogP contribution in [0, 0.1) is 0 Å². The van der Waals surface area contributed by atoms with Crippen molar-refractivity contribution in [2.75, 3.05) is 11.9 Å². The second-order valence-corrected chi connectivity index (χ2v) is 7.71. The third-order valence-corrected chi connectivity index (χ3v) is 5.90. The van der Waals surface area contributed by atoms with E-state index >= 15 is 0 Å². The quantitative estimate of drug-likeness (QED) is 0.689. The summed E-state index contributed by atoms with van der Waals surface area (Å²) in [6, 6.07) is 9.14. The Morgan fingerprint density at radius 1 is 1.18 bits per heavy atom. The van der Waals surface area contributed by atoms with E-state index in [2.05, 4.69) is 16.0 Å². The monoisotopic (exact) mass is 398 g/mol. The fourth-order valence-corrected chi connectivity index (χ4v) is 4.68. The van der Waals surface area contributed by atoms with Gasteiger partial charge in [0.25, 0.3) is 5.91 Å². The van der Waals surface area contributed by atoms with Crippen LogP contribution in [0.3, 0.4) is 0 Å². The summed E-state index contributed by atoms with van der Waals surface area (Å²) in [7, 11) is 0. The van der Waals surface area contributed by atoms with Gasteiger partial charge in [0.15, 0.2) is 0 Å². The average molecular weight is 398 g/mol. The molecule has 3 N–H and O–H groups in total. The molecule has 1 aromatic carbocycles. The SMILES string of the molecule is O=C(CN1C(=O)N[C@@]2(CCCc3sccc32)C1=O)NC(=O)Nc1ccccc1. The Labute approximate surface area is 164 Å². The summed E-state index contributed by atoms with van der Waals surface area (Å²) >= 11 is 1.56. The highest BCUT2D eigenvalue weighted by atomic mass is 32.1. The van der Waals surface area contributed by atoms with Gasteiger partial charge >= 0.3 is 12.1 Å². The van der Waals surface area contributed by atoms with E-state index in [0.29, 0.717) is 12.1 Å². The molecule has 144 valence electrons. The van der Waals surface area contributed by atoms with Gasteiger partial charge in [-0.15, -0.1) is 11.3 Å². The van der Waals surface area contributed by atoms with Crippen molar-refractivity contribution in [3.05, 3.63) is 52.2 Å². The molecule has 1 spiro atoms. The molecule has 4 rings (SSSR count). The highest BCUT2D eigenvalue weighted by molar-refractivity contribution is 7.10. The van der Waals surface area contributed by atoms with Crippen molar-refractivity contribution in [2.24, 2.45) is 0 Å². The van der Waals surface area contributed by atoms with Crippen molar-refractivity contribution in [3.8, 4) is 0 Å². The molecule has 2 heterocycles. The third kappa shape index (κ3) is 3.13. The Morgan fingerprint density at radius 3 is 2.75 bits per heavy atom. The number of hydrogen-bond donors (Lipinski definition) is 3. The number of nitrogens with zero attached hydrogens (tertiary/aromatic N) is 1. The van der Waals surface area contributed by atoms with Crippen molar-refractivity contribution in [1.82, 2.24) is 15.5 Å². The smallest absolute Gasteiger partial charge is 0.319 e. The van der Waals surface area contributed by atoms with E-state index in [9.17, 15) is 19.2 Å². The topological polar surface area (TPSA) is 108 Å². The maximum absolute atomic E-state index is 13.0. The molecule has 0 bridgehead atoms. The summed E-state index contributed by atoms with van der Waals surface area (Å²) in [6.45, 7) is -0.520. The van der Waals surface area contributed by atoms with Crippen LogP contribution in [0.2, 0.25) is 0 Å². The van der Waals surface area contributed by atoms with Gasteiger partial charge in [0.2, 0.25) is 5.91 Å². The van der Waals surface area contributed by atoms with Crippen molar-refractivity contribution in [3.63, 3.8) is 0 Å². The molecule has 8 nitrogen and oxygen atoms in total. The van der Waals surface area contributed by atoms with Crippen LogP contribution >= 0.6 is 11.3 Å². The highest BCUT2D eigenvalue weighted by Gasteiger charge is 2.54. The van der Waals surface area contributed by atoms with Gasteiger partial charge in [-0.3, -0.25) is 19.8 Å². The van der Waals surface area contributed by atoms with Gasteiger partial charge in [-0.05, 0) is 42.8 Å². The summed E-state index contributed by atoms with van der Waals surface area (Å²) in [5, 5.41) is 9.33. The van der Waals surface area contributed by atoms with Crippen LogP contribution in [-0.4, -0.2) is 35.3 Å². The zero-order valence-corrected chi connectivity index (χ0v) is 15.7. The lowest BCUT2D eigenvalue weighted by molar-refractivity contribution is -0.135. The molecule has 0 unspecified atom stereocenters. The van der Waals surface area contributed by atoms with E-state index in [1.807, 2.05) is 11.4 Å². The molecule has 1 aliphatic carbocycles. The second kappa shape index (κ2) is 7.08. The van der Waals surface area contributed by atoms with Crippen molar-refractivity contribution in [2.45, 2.75) is 24.8 Å². The minimum absolute atomic E-state index is 0.449. The first-order chi connectivity index (χ1) is 13.5. The number of carbonyl (C=O) groups is 4. The van der Waals surface area contributed by atoms with E-state index in [1.165, 1.54) is 0 Å². The van der Waals surface area contributed by atoms with E-state index in [-0.39, 0.29) is 0 Å². The Balaban J connectivity index is 1.43. The molecule has 0 radical (unpaired) electrons. The van der Waals surface area contributed by atoms with Crippen molar-refractivity contribution >= 4 is 40.9 Å². The number of para-hydroxylation sites is 1. The van der Waals surface area contributed by atoms with Crippen LogP contribution in [0.1, 0.15) is 23.3 Å². The fourth-order valence-electron chi connectivity index (χ4n) is 3.68. The Bertz CT molecular complexity index is 958. The molecule has 28 heavy (non-hydrogen) atoms. The molecule has 2 aliphatic rings. The number of nitrogens with one attached hydrogen (secondary N) is 3. The Kier molecular flexibility index (Phi) is 4.60. The van der Waals surface area contributed by atoms with Crippen LogP contribution in [0.15, 0.2) is 41.8 Å². The first kappa shape index (κ1) is 18.2. The number of anilines is 1. The first-order valence-electron chi connectivity index (χ1n) is 8.86. The number of amides is 6. The number of fused-ring (bicyclic) bond motifs is 2. The van der Waals surface area contributed by atoms with Crippen LogP contribution in [0.5, 0.6) is 0 Å². The molecule has 1 aliphatic heterocycles. The highest BCUT2D eigenvalue weighted by Crippen LogP contribution is 2.41. The van der Waals surface area contributed by atoms with Crippen LogP contribution < -0.4 is 16.0 Å². The minimum Gasteiger partial charge on any atom is -0.319 e. The van der Waals surface area contributed by atoms with Gasteiger partial charge in [-0.2, -0.15) is 0 Å². The summed E-state index contributed by atoms with van der Waals surface area (Å²) in [4.78, 5) is 51.6. The van der Waals surface area contributed by atoms with Gasteiger partial charge in [0.05, 0.1) is 0 Å². The van der Waals surface area contributed by atoms with Crippen LogP contribution in [0.4, 0.5) is 15.3 Å². The standard InChI is InChI=1S/C19H18N4O4S/c24-15(21-17(26)20-12-5-2-1-3-6-12)11-23-16(25)19(22-18(23)27)9-4-7-14-13(19)8-10-28-14/h1-3,5-6,8,10H,4,7,9,11H2,(H,22,27)(H2,20,21,24,26)/t19-/m1/s1. The third-order valence-electron chi connectivity index (χ3n) is 4.92. The fraction of sp³-hybridized carbons (Fsp3) is 0.263. The van der Waals surface area contributed by atoms with E-state index in [4.69, 9.17) is 0 Å². The number of aryl methyl sites for hydroxylation is 1. The largest absolute Gasteiger partial charge is 0.325 e. The first-order valence-corrected chi connectivity index (χ1v) is 9.74. The molecule has 0 saturated carbocycles. The number of hydrogen-bond acceptors (Lipinski definition) is 5. The van der Waals surface area contributed by atoms with Crippen LogP contribution in [0.25, 0.3) is 0 Å². The average Bonchev–Trinajstić information content (AvgIpc) is 3.23. The van der Waals surface area contributed by atoms with E-state index in [0.717, 1.165) is 28.2 Å². The number of thiophene rings is 1. The van der Waals surface area contributed by atoms with Gasteiger partial charge in [-0.25, -0.2) is 9.59 Å². The summed E-state index contributed by atoms with van der Waals surface area (Å²) in [5.41, 5.74) is 0.234. The van der Waals surface area contributed by atoms with Gasteiger partial charge in [0.1, 0.15) is 12.1 Å². The lowest BCUT2D eigenvalue weighted by Crippen LogP contribution is -2.47. The summed E-state index contributed by atoms with van der Waals surface area (Å²) < 4.78 is 0. The van der Waals surface area contributed by atoms with Crippen molar-refractivity contribution < 1.29 is 19.2 Å². The Morgan fingerprint density at radius 2 is 1.96 bits per heavy atom. The van der Waals surface area contributed by atoms with Gasteiger partial charge in [0, 0.05) is 16.1 Å². The van der Waals surface area contributed by atoms with E-state index in [1.54, 1.807) is 41.7 Å².